The van der Waals surface area contributed by atoms with E-state index in [9.17, 15) is 5.11 Å². The smallest absolute Gasteiger partial charge is 0.0791 e. The number of rotatable bonds is 5. The van der Waals surface area contributed by atoms with Gasteiger partial charge in [0.15, 0.2) is 0 Å². The lowest BCUT2D eigenvalue weighted by Gasteiger charge is -2.57. The molecule has 3 heteroatoms. The lowest BCUT2D eigenvalue weighted by Crippen LogP contribution is -2.59. The molecule has 1 unspecified atom stereocenters. The largest absolute Gasteiger partial charge is 0.390 e. The van der Waals surface area contributed by atoms with Crippen molar-refractivity contribution in [2.75, 3.05) is 27.2 Å². The third-order valence-electron chi connectivity index (χ3n) is 5.33. The summed E-state index contributed by atoms with van der Waals surface area (Å²) >= 11 is 0. The predicted octanol–water partition coefficient (Wildman–Crippen LogP) is 1.47. The molecule has 0 radical (unpaired) electrons. The topological polar surface area (TPSA) is 35.5 Å². The molecule has 0 aromatic carbocycles. The average Bonchev–Trinajstić information content (AvgIpc) is 2.23. The zero-order valence-corrected chi connectivity index (χ0v) is 11.9. The van der Waals surface area contributed by atoms with Crippen LogP contribution in [-0.4, -0.2) is 48.8 Å². The van der Waals surface area contributed by atoms with Crippen molar-refractivity contribution in [1.29, 1.82) is 0 Å². The predicted molar refractivity (Wildman–Crippen MR) is 73.5 cm³/mol. The van der Waals surface area contributed by atoms with Crippen LogP contribution in [0.15, 0.2) is 0 Å². The minimum atomic E-state index is -0.229. The first kappa shape index (κ1) is 12.9. The Balaban J connectivity index is 1.56. The number of hydrogen-bond donors (Lipinski definition) is 2. The second-order valence-electron chi connectivity index (χ2n) is 7.49. The van der Waals surface area contributed by atoms with Gasteiger partial charge in [0.2, 0.25) is 0 Å². The molecule has 18 heavy (non-hydrogen) atoms. The molecule has 4 aliphatic carbocycles. The van der Waals surface area contributed by atoms with Gasteiger partial charge in [-0.2, -0.15) is 0 Å². The highest BCUT2D eigenvalue weighted by atomic mass is 16.3. The third-order valence-corrected chi connectivity index (χ3v) is 5.33. The van der Waals surface area contributed by atoms with Crippen LogP contribution in [0.25, 0.3) is 0 Å². The van der Waals surface area contributed by atoms with Crippen molar-refractivity contribution in [1.82, 2.24) is 10.2 Å². The van der Waals surface area contributed by atoms with E-state index in [1.165, 1.54) is 38.5 Å². The fourth-order valence-electron chi connectivity index (χ4n) is 5.15. The van der Waals surface area contributed by atoms with E-state index in [2.05, 4.69) is 10.2 Å². The maximum absolute atomic E-state index is 10.0. The van der Waals surface area contributed by atoms with E-state index in [0.717, 1.165) is 30.8 Å². The van der Waals surface area contributed by atoms with Crippen LogP contribution in [0.1, 0.15) is 38.5 Å². The molecule has 4 aliphatic rings. The van der Waals surface area contributed by atoms with Crippen LogP contribution >= 0.6 is 0 Å². The Kier molecular flexibility index (Phi) is 3.41. The summed E-state index contributed by atoms with van der Waals surface area (Å²) in [5, 5.41) is 13.8. The van der Waals surface area contributed by atoms with Crippen LogP contribution in [0.3, 0.4) is 0 Å². The molecule has 3 nitrogen and oxygen atoms in total. The van der Waals surface area contributed by atoms with Crippen molar-refractivity contribution in [3.8, 4) is 0 Å². The van der Waals surface area contributed by atoms with Gasteiger partial charge in [-0.1, -0.05) is 0 Å². The zero-order valence-electron chi connectivity index (χ0n) is 11.9. The summed E-state index contributed by atoms with van der Waals surface area (Å²) in [7, 11) is 4.04. The van der Waals surface area contributed by atoms with E-state index in [1.807, 2.05) is 14.1 Å². The van der Waals surface area contributed by atoms with Crippen LogP contribution in [0.2, 0.25) is 0 Å². The van der Waals surface area contributed by atoms with Crippen molar-refractivity contribution in [3.63, 3.8) is 0 Å². The van der Waals surface area contributed by atoms with Gasteiger partial charge in [-0.05, 0) is 70.4 Å². The van der Waals surface area contributed by atoms with Crippen LogP contribution in [0.5, 0.6) is 0 Å². The molecule has 4 fully saturated rings. The summed E-state index contributed by atoms with van der Waals surface area (Å²) < 4.78 is 0. The van der Waals surface area contributed by atoms with E-state index in [0.29, 0.717) is 5.54 Å². The van der Waals surface area contributed by atoms with Crippen LogP contribution in [-0.2, 0) is 0 Å². The van der Waals surface area contributed by atoms with Gasteiger partial charge in [-0.15, -0.1) is 0 Å². The summed E-state index contributed by atoms with van der Waals surface area (Å²) in [5.74, 6) is 2.94. The zero-order chi connectivity index (χ0) is 12.8. The Morgan fingerprint density at radius 1 is 1.11 bits per heavy atom. The fourth-order valence-corrected chi connectivity index (χ4v) is 5.15. The Hall–Kier alpha value is -0.120. The Bertz CT molecular complexity index is 268. The lowest BCUT2D eigenvalue weighted by atomic mass is 9.53. The molecular formula is C15H28N2O. The second-order valence-corrected chi connectivity index (χ2v) is 7.49. The summed E-state index contributed by atoms with van der Waals surface area (Å²) in [6, 6.07) is 0. The molecule has 0 heterocycles. The van der Waals surface area contributed by atoms with Gasteiger partial charge in [0.1, 0.15) is 0 Å². The van der Waals surface area contributed by atoms with E-state index in [1.54, 1.807) is 0 Å². The van der Waals surface area contributed by atoms with Gasteiger partial charge in [-0.3, -0.25) is 0 Å². The van der Waals surface area contributed by atoms with Crippen molar-refractivity contribution in [3.05, 3.63) is 0 Å². The highest BCUT2D eigenvalue weighted by molar-refractivity contribution is 5.06. The first-order valence-electron chi connectivity index (χ1n) is 7.62. The molecular weight excluding hydrogens is 224 g/mol. The molecule has 1 atom stereocenters. The number of hydrogen-bond acceptors (Lipinski definition) is 3. The lowest BCUT2D eigenvalue weighted by molar-refractivity contribution is -0.0256. The molecule has 4 rings (SSSR count). The monoisotopic (exact) mass is 252 g/mol. The summed E-state index contributed by atoms with van der Waals surface area (Å²) in [6.07, 6.45) is 8.34. The maximum atomic E-state index is 10.0. The number of β-amino-alcohol motifs (C(OH)–C–C–N with tert-alkyl or cyclic N) is 1. The van der Waals surface area contributed by atoms with Crippen molar-refractivity contribution in [2.24, 2.45) is 17.8 Å². The van der Waals surface area contributed by atoms with Crippen LogP contribution < -0.4 is 5.32 Å². The summed E-state index contributed by atoms with van der Waals surface area (Å²) in [5.41, 5.74) is 0.391. The minimum Gasteiger partial charge on any atom is -0.390 e. The first-order valence-corrected chi connectivity index (χ1v) is 7.62. The Morgan fingerprint density at radius 2 is 1.61 bits per heavy atom. The molecule has 2 N–H and O–H groups in total. The van der Waals surface area contributed by atoms with E-state index in [-0.39, 0.29) is 6.10 Å². The maximum Gasteiger partial charge on any atom is 0.0791 e. The SMILES string of the molecule is CN(C)CC(O)CNC12CC3CC(CC(C3)C1)C2. The Labute approximate surface area is 111 Å². The quantitative estimate of drug-likeness (QED) is 0.778. The van der Waals surface area contributed by atoms with E-state index < -0.39 is 0 Å². The normalized spacial score (nSPS) is 43.7. The van der Waals surface area contributed by atoms with E-state index in [4.69, 9.17) is 0 Å². The average molecular weight is 252 g/mol. The van der Waals surface area contributed by atoms with E-state index >= 15 is 0 Å². The molecule has 0 aliphatic heterocycles. The number of aliphatic hydroxyl groups excluding tert-OH is 1. The summed E-state index contributed by atoms with van der Waals surface area (Å²) in [6.45, 7) is 1.53. The number of nitrogens with zero attached hydrogens (tertiary/aromatic N) is 1. The van der Waals surface area contributed by atoms with Crippen LogP contribution in [0, 0.1) is 17.8 Å². The molecule has 104 valence electrons. The minimum absolute atomic E-state index is 0.229. The number of nitrogens with one attached hydrogen (secondary N) is 1. The molecule has 0 amide bonds. The molecule has 0 spiro atoms. The van der Waals surface area contributed by atoms with Crippen molar-refractivity contribution < 1.29 is 5.11 Å². The highest BCUT2D eigenvalue weighted by Gasteiger charge is 2.50. The fraction of sp³-hybridized carbons (Fsp3) is 1.00. The Morgan fingerprint density at radius 3 is 2.06 bits per heavy atom. The molecule has 0 aromatic rings. The van der Waals surface area contributed by atoms with Gasteiger partial charge in [0.05, 0.1) is 6.10 Å². The van der Waals surface area contributed by atoms with Gasteiger partial charge in [-0.25, -0.2) is 0 Å². The highest BCUT2D eigenvalue weighted by Crippen LogP contribution is 2.55. The van der Waals surface area contributed by atoms with Gasteiger partial charge in [0.25, 0.3) is 0 Å². The molecule has 0 aromatic heterocycles. The third kappa shape index (κ3) is 2.59. The molecule has 4 bridgehead atoms. The van der Waals surface area contributed by atoms with Gasteiger partial charge in [0, 0.05) is 18.6 Å². The summed E-state index contributed by atoms with van der Waals surface area (Å²) in [4.78, 5) is 2.06. The second kappa shape index (κ2) is 4.77. The first-order chi connectivity index (χ1) is 8.55. The van der Waals surface area contributed by atoms with Crippen molar-refractivity contribution in [2.45, 2.75) is 50.2 Å². The number of likely N-dealkylation sites (N-methyl/N-ethyl adjacent to an activating group) is 1. The van der Waals surface area contributed by atoms with Gasteiger partial charge >= 0.3 is 0 Å². The standard InChI is InChI=1S/C15H28N2O/c1-17(2)10-14(18)9-16-15-6-11-3-12(7-15)5-13(4-11)8-15/h11-14,16,18H,3-10H2,1-2H3. The van der Waals surface area contributed by atoms with Crippen LogP contribution in [0.4, 0.5) is 0 Å². The molecule has 4 saturated carbocycles. The van der Waals surface area contributed by atoms with Crippen molar-refractivity contribution >= 4 is 0 Å². The molecule has 0 saturated heterocycles. The van der Waals surface area contributed by atoms with Gasteiger partial charge < -0.3 is 15.3 Å². The number of aliphatic hydroxyl groups is 1.